The number of hydrogen-bond donors (Lipinski definition) is 1. The predicted molar refractivity (Wildman–Crippen MR) is 72.4 cm³/mol. The number of carbonyl (C=O) groups excluding carboxylic acids is 2. The lowest BCUT2D eigenvalue weighted by molar-refractivity contribution is -0.113. The van der Waals surface area contributed by atoms with E-state index < -0.39 is 5.97 Å². The van der Waals surface area contributed by atoms with E-state index in [9.17, 15) is 9.59 Å². The van der Waals surface area contributed by atoms with Gasteiger partial charge >= 0.3 is 5.97 Å². The third kappa shape index (κ3) is 2.66. The molecule has 1 aromatic carbocycles. The molecule has 1 amide bonds. The van der Waals surface area contributed by atoms with Crippen LogP contribution < -0.4 is 5.32 Å². The molecule has 1 N–H and O–H groups in total. The average molecular weight is 279 g/mol. The number of alkyl halides is 1. The molecule has 2 aromatic rings. The third-order valence-electron chi connectivity index (χ3n) is 2.62. The molecular weight excluding hydrogens is 268 g/mol. The zero-order valence-corrected chi connectivity index (χ0v) is 10.9. The highest BCUT2D eigenvalue weighted by Gasteiger charge is 2.13. The van der Waals surface area contributed by atoms with Crippen LogP contribution in [0, 0.1) is 0 Å². The Hall–Kier alpha value is -2.14. The molecule has 0 fully saturated rings. The van der Waals surface area contributed by atoms with Gasteiger partial charge in [-0.2, -0.15) is 0 Å². The fourth-order valence-corrected chi connectivity index (χ4v) is 1.84. The summed E-state index contributed by atoms with van der Waals surface area (Å²) in [5, 5.41) is 3.99. The molecule has 0 bridgehead atoms. The summed E-state index contributed by atoms with van der Waals surface area (Å²) in [4.78, 5) is 27.0. The number of benzene rings is 1. The van der Waals surface area contributed by atoms with Gasteiger partial charge in [-0.15, -0.1) is 11.6 Å². The van der Waals surface area contributed by atoms with E-state index in [4.69, 9.17) is 16.3 Å². The normalized spacial score (nSPS) is 10.2. The number of aromatic nitrogens is 1. The lowest BCUT2D eigenvalue weighted by Gasteiger charge is -2.10. The molecular formula is C13H11ClN2O3. The maximum absolute atomic E-state index is 11.7. The van der Waals surface area contributed by atoms with Crippen LogP contribution in [0.4, 0.5) is 5.69 Å². The third-order valence-corrected chi connectivity index (χ3v) is 2.86. The van der Waals surface area contributed by atoms with Gasteiger partial charge in [0.15, 0.2) is 0 Å². The van der Waals surface area contributed by atoms with Gasteiger partial charge < -0.3 is 10.1 Å². The predicted octanol–water partition coefficient (Wildman–Crippen LogP) is 2.20. The van der Waals surface area contributed by atoms with Crippen LogP contribution in [0.5, 0.6) is 0 Å². The first-order valence-electron chi connectivity index (χ1n) is 5.48. The SMILES string of the molecule is COC(=O)c1ccc(NC(=O)CCl)c2ccncc12. The van der Waals surface area contributed by atoms with E-state index in [2.05, 4.69) is 10.3 Å². The number of nitrogens with zero attached hydrogens (tertiary/aromatic N) is 1. The molecule has 1 aromatic heterocycles. The largest absolute Gasteiger partial charge is 0.465 e. The monoisotopic (exact) mass is 278 g/mol. The van der Waals surface area contributed by atoms with Crippen molar-refractivity contribution in [3.05, 3.63) is 36.2 Å². The van der Waals surface area contributed by atoms with E-state index in [0.29, 0.717) is 22.0 Å². The van der Waals surface area contributed by atoms with Crippen molar-refractivity contribution >= 4 is 39.9 Å². The van der Waals surface area contributed by atoms with Crippen molar-refractivity contribution in [1.82, 2.24) is 4.98 Å². The Balaban J connectivity index is 2.58. The van der Waals surface area contributed by atoms with Gasteiger partial charge in [0, 0.05) is 28.9 Å². The number of nitrogens with one attached hydrogen (secondary N) is 1. The van der Waals surface area contributed by atoms with Crippen molar-refractivity contribution in [2.45, 2.75) is 0 Å². The second kappa shape index (κ2) is 5.67. The first kappa shape index (κ1) is 13.3. The van der Waals surface area contributed by atoms with Crippen molar-refractivity contribution in [3.8, 4) is 0 Å². The topological polar surface area (TPSA) is 68.3 Å². The minimum absolute atomic E-state index is 0.134. The van der Waals surface area contributed by atoms with Crippen LogP contribution in [0.2, 0.25) is 0 Å². The summed E-state index contributed by atoms with van der Waals surface area (Å²) in [6.07, 6.45) is 3.14. The molecule has 0 spiro atoms. The summed E-state index contributed by atoms with van der Waals surface area (Å²) in [7, 11) is 1.31. The highest BCUT2D eigenvalue weighted by Crippen LogP contribution is 2.26. The summed E-state index contributed by atoms with van der Waals surface area (Å²) < 4.78 is 4.71. The number of rotatable bonds is 3. The lowest BCUT2D eigenvalue weighted by Crippen LogP contribution is -2.13. The molecule has 5 nitrogen and oxygen atoms in total. The van der Waals surface area contributed by atoms with Gasteiger partial charge in [-0.1, -0.05) is 0 Å². The highest BCUT2D eigenvalue weighted by atomic mass is 35.5. The molecule has 0 aliphatic carbocycles. The molecule has 2 rings (SSSR count). The van der Waals surface area contributed by atoms with E-state index in [1.165, 1.54) is 7.11 Å². The number of pyridine rings is 1. The van der Waals surface area contributed by atoms with E-state index in [-0.39, 0.29) is 11.8 Å². The Morgan fingerprint density at radius 2 is 2.11 bits per heavy atom. The molecule has 0 radical (unpaired) electrons. The van der Waals surface area contributed by atoms with Crippen molar-refractivity contribution in [1.29, 1.82) is 0 Å². The van der Waals surface area contributed by atoms with Crippen LogP contribution in [-0.4, -0.2) is 29.9 Å². The number of anilines is 1. The molecule has 0 aliphatic heterocycles. The van der Waals surface area contributed by atoms with Crippen molar-refractivity contribution < 1.29 is 14.3 Å². The van der Waals surface area contributed by atoms with E-state index in [0.717, 1.165) is 0 Å². The summed E-state index contributed by atoms with van der Waals surface area (Å²) in [5.74, 6) is -0.899. The Kier molecular flexibility index (Phi) is 3.97. The van der Waals surface area contributed by atoms with E-state index in [1.54, 1.807) is 30.6 Å². The maximum Gasteiger partial charge on any atom is 0.338 e. The van der Waals surface area contributed by atoms with Crippen LogP contribution in [0.3, 0.4) is 0 Å². The first-order chi connectivity index (χ1) is 9.17. The van der Waals surface area contributed by atoms with Gasteiger partial charge in [0.2, 0.25) is 5.91 Å². The second-order valence-corrected chi connectivity index (χ2v) is 4.02. The zero-order valence-electron chi connectivity index (χ0n) is 10.1. The Morgan fingerprint density at radius 1 is 1.32 bits per heavy atom. The molecule has 1 heterocycles. The summed E-state index contributed by atoms with van der Waals surface area (Å²) in [6.45, 7) is 0. The van der Waals surface area contributed by atoms with Gasteiger partial charge in [0.05, 0.1) is 12.7 Å². The number of hydrogen-bond acceptors (Lipinski definition) is 4. The maximum atomic E-state index is 11.7. The van der Waals surface area contributed by atoms with Crippen molar-refractivity contribution in [2.24, 2.45) is 0 Å². The molecule has 6 heteroatoms. The molecule has 0 saturated carbocycles. The molecule has 0 atom stereocenters. The van der Waals surface area contributed by atoms with Crippen LogP contribution in [0.25, 0.3) is 10.8 Å². The highest BCUT2D eigenvalue weighted by molar-refractivity contribution is 6.29. The Bertz CT molecular complexity index is 643. The van der Waals surface area contributed by atoms with E-state index >= 15 is 0 Å². The van der Waals surface area contributed by atoms with Crippen LogP contribution in [0.15, 0.2) is 30.6 Å². The molecule has 0 unspecified atom stereocenters. The van der Waals surface area contributed by atoms with Crippen molar-refractivity contribution in [3.63, 3.8) is 0 Å². The quantitative estimate of drug-likeness (QED) is 0.690. The Morgan fingerprint density at radius 3 is 2.79 bits per heavy atom. The number of halogens is 1. The fourth-order valence-electron chi connectivity index (χ4n) is 1.77. The number of methoxy groups -OCH3 is 1. The van der Waals surface area contributed by atoms with Gasteiger partial charge in [-0.25, -0.2) is 4.79 Å². The van der Waals surface area contributed by atoms with Gasteiger partial charge in [0.25, 0.3) is 0 Å². The average Bonchev–Trinajstić information content (AvgIpc) is 2.46. The van der Waals surface area contributed by atoms with Crippen molar-refractivity contribution in [2.75, 3.05) is 18.3 Å². The van der Waals surface area contributed by atoms with Crippen LogP contribution >= 0.6 is 11.6 Å². The number of amides is 1. The lowest BCUT2D eigenvalue weighted by atomic mass is 10.0. The second-order valence-electron chi connectivity index (χ2n) is 3.76. The number of fused-ring (bicyclic) bond motifs is 1. The molecule has 0 aliphatic rings. The number of carbonyl (C=O) groups is 2. The van der Waals surface area contributed by atoms with E-state index in [1.807, 2.05) is 0 Å². The van der Waals surface area contributed by atoms with Gasteiger partial charge in [0.1, 0.15) is 5.88 Å². The Labute approximate surface area is 114 Å². The number of esters is 1. The number of ether oxygens (including phenoxy) is 1. The van der Waals surface area contributed by atoms with Crippen LogP contribution in [-0.2, 0) is 9.53 Å². The fraction of sp³-hybridized carbons (Fsp3) is 0.154. The summed E-state index contributed by atoms with van der Waals surface area (Å²) in [6, 6.07) is 4.93. The smallest absolute Gasteiger partial charge is 0.338 e. The van der Waals surface area contributed by atoms with Gasteiger partial charge in [-0.3, -0.25) is 9.78 Å². The molecule has 98 valence electrons. The zero-order chi connectivity index (χ0) is 13.8. The first-order valence-corrected chi connectivity index (χ1v) is 6.01. The summed E-state index contributed by atoms with van der Waals surface area (Å²) >= 11 is 5.46. The minimum atomic E-state index is -0.451. The molecule has 19 heavy (non-hydrogen) atoms. The minimum Gasteiger partial charge on any atom is -0.465 e. The standard InChI is InChI=1S/C13H11ClN2O3/c1-19-13(18)9-2-3-11(16-12(17)6-14)8-4-5-15-7-10(8)9/h2-5,7H,6H2,1H3,(H,16,17). The molecule has 0 saturated heterocycles. The summed E-state index contributed by atoms with van der Waals surface area (Å²) in [5.41, 5.74) is 0.977. The van der Waals surface area contributed by atoms with Gasteiger partial charge in [-0.05, 0) is 18.2 Å². The van der Waals surface area contributed by atoms with Crippen LogP contribution in [0.1, 0.15) is 10.4 Å².